The van der Waals surface area contributed by atoms with Crippen LogP contribution in [0.25, 0.3) is 0 Å². The van der Waals surface area contributed by atoms with Gasteiger partial charge in [-0.3, -0.25) is 0 Å². The molecule has 0 bridgehead atoms. The van der Waals surface area contributed by atoms with Gasteiger partial charge in [-0.05, 0) is 31.5 Å². The van der Waals surface area contributed by atoms with Gasteiger partial charge in [0.15, 0.2) is 11.6 Å². The molecule has 3 nitrogen and oxygen atoms in total. The van der Waals surface area contributed by atoms with Crippen molar-refractivity contribution in [3.63, 3.8) is 0 Å². The molecule has 0 unspecified atom stereocenters. The Hall–Kier alpha value is -1.20. The largest absolute Gasteiger partial charge is 0.435 e. The summed E-state index contributed by atoms with van der Waals surface area (Å²) in [5.74, 6) is 0.512. The van der Waals surface area contributed by atoms with Gasteiger partial charge in [-0.2, -0.15) is 4.98 Å². The predicted octanol–water partition coefficient (Wildman–Crippen LogP) is 5.08. The van der Waals surface area contributed by atoms with E-state index in [-0.39, 0.29) is 11.6 Å². The summed E-state index contributed by atoms with van der Waals surface area (Å²) in [5, 5.41) is 0.328. The third-order valence-electron chi connectivity index (χ3n) is 2.66. The van der Waals surface area contributed by atoms with Crippen LogP contribution in [0.15, 0.2) is 22.7 Å². The third kappa shape index (κ3) is 3.46. The Morgan fingerprint density at radius 2 is 2.10 bits per heavy atom. The number of hydrogen-bond acceptors (Lipinski definition) is 3. The van der Waals surface area contributed by atoms with Crippen molar-refractivity contribution in [1.29, 1.82) is 0 Å². The standard InChI is InChI=1S/C14H13BrClFN2O/c1-3-4-12-18-13(16)8(2)14(19-12)20-11-7-9(15)5-6-10(11)17/h5-7H,3-4H2,1-2H3. The summed E-state index contributed by atoms with van der Waals surface area (Å²) >= 11 is 9.33. The van der Waals surface area contributed by atoms with Gasteiger partial charge in [0.2, 0.25) is 5.88 Å². The smallest absolute Gasteiger partial charge is 0.227 e. The monoisotopic (exact) mass is 358 g/mol. The Balaban J connectivity index is 2.39. The molecule has 106 valence electrons. The van der Waals surface area contributed by atoms with Gasteiger partial charge in [-0.15, -0.1) is 0 Å². The van der Waals surface area contributed by atoms with E-state index in [0.717, 1.165) is 10.9 Å². The normalized spacial score (nSPS) is 10.7. The number of rotatable bonds is 4. The summed E-state index contributed by atoms with van der Waals surface area (Å²) in [6, 6.07) is 4.47. The lowest BCUT2D eigenvalue weighted by molar-refractivity contribution is 0.420. The number of aromatic nitrogens is 2. The van der Waals surface area contributed by atoms with Gasteiger partial charge in [-0.25, -0.2) is 9.37 Å². The minimum Gasteiger partial charge on any atom is -0.435 e. The van der Waals surface area contributed by atoms with Gasteiger partial charge in [-0.1, -0.05) is 34.5 Å². The van der Waals surface area contributed by atoms with Gasteiger partial charge in [0, 0.05) is 16.5 Å². The van der Waals surface area contributed by atoms with E-state index >= 15 is 0 Å². The number of nitrogens with zero attached hydrogens (tertiary/aromatic N) is 2. The lowest BCUT2D eigenvalue weighted by Gasteiger charge is -2.11. The first-order chi connectivity index (χ1) is 9.51. The molecule has 0 aliphatic carbocycles. The molecule has 0 fully saturated rings. The van der Waals surface area contributed by atoms with Gasteiger partial charge in [0.1, 0.15) is 11.0 Å². The summed E-state index contributed by atoms with van der Waals surface area (Å²) in [6.07, 6.45) is 1.58. The summed E-state index contributed by atoms with van der Waals surface area (Å²) in [7, 11) is 0. The van der Waals surface area contributed by atoms with Crippen molar-refractivity contribution < 1.29 is 9.13 Å². The summed E-state index contributed by atoms with van der Waals surface area (Å²) < 4.78 is 20.0. The Bertz CT molecular complexity index is 637. The minimum absolute atomic E-state index is 0.0969. The molecule has 20 heavy (non-hydrogen) atoms. The highest BCUT2D eigenvalue weighted by Crippen LogP contribution is 2.30. The van der Waals surface area contributed by atoms with Gasteiger partial charge < -0.3 is 4.74 Å². The van der Waals surface area contributed by atoms with Crippen molar-refractivity contribution in [1.82, 2.24) is 9.97 Å². The molecule has 0 aliphatic rings. The molecule has 6 heteroatoms. The van der Waals surface area contributed by atoms with Gasteiger partial charge in [0.05, 0.1) is 0 Å². The summed E-state index contributed by atoms with van der Waals surface area (Å²) in [4.78, 5) is 8.47. The van der Waals surface area contributed by atoms with E-state index < -0.39 is 5.82 Å². The topological polar surface area (TPSA) is 35.0 Å². The van der Waals surface area contributed by atoms with Crippen LogP contribution in [0.1, 0.15) is 24.7 Å². The zero-order chi connectivity index (χ0) is 14.7. The van der Waals surface area contributed by atoms with E-state index in [2.05, 4.69) is 25.9 Å². The van der Waals surface area contributed by atoms with Crippen LogP contribution in [0, 0.1) is 12.7 Å². The first-order valence-electron chi connectivity index (χ1n) is 6.17. The van der Waals surface area contributed by atoms with Crippen LogP contribution >= 0.6 is 27.5 Å². The fourth-order valence-electron chi connectivity index (χ4n) is 1.61. The molecule has 0 aliphatic heterocycles. The fraction of sp³-hybridized carbons (Fsp3) is 0.286. The van der Waals surface area contributed by atoms with E-state index in [1.54, 1.807) is 19.1 Å². The first-order valence-corrected chi connectivity index (χ1v) is 7.34. The maximum Gasteiger partial charge on any atom is 0.227 e. The molecule has 0 N–H and O–H groups in total. The second-order valence-electron chi connectivity index (χ2n) is 4.29. The second kappa shape index (κ2) is 6.50. The highest BCUT2D eigenvalue weighted by Gasteiger charge is 2.13. The van der Waals surface area contributed by atoms with Crippen LogP contribution in [-0.4, -0.2) is 9.97 Å². The predicted molar refractivity (Wildman–Crippen MR) is 79.9 cm³/mol. The third-order valence-corrected chi connectivity index (χ3v) is 3.52. The number of hydrogen-bond donors (Lipinski definition) is 0. The Labute approximate surface area is 130 Å². The van der Waals surface area contributed by atoms with Crippen molar-refractivity contribution in [2.24, 2.45) is 0 Å². The molecule has 1 aromatic heterocycles. The number of benzene rings is 1. The molecule has 0 atom stereocenters. The minimum atomic E-state index is -0.459. The molecule has 1 heterocycles. The van der Waals surface area contributed by atoms with Crippen molar-refractivity contribution in [2.75, 3.05) is 0 Å². The molecule has 0 saturated carbocycles. The molecule has 0 spiro atoms. The van der Waals surface area contributed by atoms with Crippen LogP contribution in [-0.2, 0) is 6.42 Å². The van der Waals surface area contributed by atoms with E-state index in [4.69, 9.17) is 16.3 Å². The van der Waals surface area contributed by atoms with Gasteiger partial charge >= 0.3 is 0 Å². The maximum absolute atomic E-state index is 13.7. The highest BCUT2D eigenvalue weighted by atomic mass is 79.9. The number of halogens is 3. The number of aryl methyl sites for hydroxylation is 1. The molecule has 0 radical (unpaired) electrons. The molecule has 1 aromatic carbocycles. The lowest BCUT2D eigenvalue weighted by atomic mass is 10.3. The van der Waals surface area contributed by atoms with Crippen molar-refractivity contribution in [2.45, 2.75) is 26.7 Å². The average Bonchev–Trinajstić information content (AvgIpc) is 2.40. The van der Waals surface area contributed by atoms with Crippen LogP contribution in [0.2, 0.25) is 5.15 Å². The van der Waals surface area contributed by atoms with Crippen molar-refractivity contribution >= 4 is 27.5 Å². The Morgan fingerprint density at radius 1 is 1.35 bits per heavy atom. The van der Waals surface area contributed by atoms with E-state index in [0.29, 0.717) is 23.0 Å². The molecular formula is C14H13BrClFN2O. The lowest BCUT2D eigenvalue weighted by Crippen LogP contribution is -2.01. The zero-order valence-corrected chi connectivity index (χ0v) is 13.4. The quantitative estimate of drug-likeness (QED) is 0.714. The van der Waals surface area contributed by atoms with Crippen molar-refractivity contribution in [3.8, 4) is 11.6 Å². The van der Waals surface area contributed by atoms with Crippen molar-refractivity contribution in [3.05, 3.63) is 45.0 Å². The van der Waals surface area contributed by atoms with E-state index in [9.17, 15) is 4.39 Å². The van der Waals surface area contributed by atoms with E-state index in [1.165, 1.54) is 6.07 Å². The maximum atomic E-state index is 13.7. The summed E-state index contributed by atoms with van der Waals surface area (Å²) in [5.41, 5.74) is 0.589. The Morgan fingerprint density at radius 3 is 2.80 bits per heavy atom. The molecule has 2 rings (SSSR count). The number of ether oxygens (including phenoxy) is 1. The van der Waals surface area contributed by atoms with Crippen LogP contribution in [0.3, 0.4) is 0 Å². The first kappa shape index (κ1) is 15.2. The molecule has 2 aromatic rings. The Kier molecular flexibility index (Phi) is 4.94. The van der Waals surface area contributed by atoms with Crippen LogP contribution < -0.4 is 4.74 Å². The van der Waals surface area contributed by atoms with Crippen LogP contribution in [0.5, 0.6) is 11.6 Å². The van der Waals surface area contributed by atoms with Gasteiger partial charge in [0.25, 0.3) is 0 Å². The highest BCUT2D eigenvalue weighted by molar-refractivity contribution is 9.10. The average molecular weight is 360 g/mol. The molecule has 0 saturated heterocycles. The molecule has 0 amide bonds. The zero-order valence-electron chi connectivity index (χ0n) is 11.1. The fourth-order valence-corrected chi connectivity index (χ4v) is 2.12. The van der Waals surface area contributed by atoms with Crippen LogP contribution in [0.4, 0.5) is 4.39 Å². The van der Waals surface area contributed by atoms with E-state index in [1.807, 2.05) is 6.92 Å². The summed E-state index contributed by atoms with van der Waals surface area (Å²) in [6.45, 7) is 3.76. The second-order valence-corrected chi connectivity index (χ2v) is 5.56. The SMILES string of the molecule is CCCc1nc(Cl)c(C)c(Oc2cc(Br)ccc2F)n1. The molecular weight excluding hydrogens is 347 g/mol.